The van der Waals surface area contributed by atoms with Crippen molar-refractivity contribution in [3.8, 4) is 34.3 Å². The summed E-state index contributed by atoms with van der Waals surface area (Å²) in [6.45, 7) is 7.11. The second-order valence-electron chi connectivity index (χ2n) is 8.32. The average Bonchev–Trinajstić information content (AvgIpc) is 3.37. The number of carbonyl (C=O) groups is 1. The summed E-state index contributed by atoms with van der Waals surface area (Å²) in [5, 5.41) is 8.82. The zero-order chi connectivity index (χ0) is 24.2. The quantitative estimate of drug-likeness (QED) is 0.513. The van der Waals surface area contributed by atoms with E-state index in [4.69, 9.17) is 18.9 Å². The standard InChI is InChI=1S/C26H28N4O5/c1-3-32-20-6-4-19(5-7-20)22-9-11-25(28-27-22)29-12-14-30(15-13-29)26(31)18(2)35-21-8-10-23-24(16-21)34-17-33-23/h4-11,16,18H,3,12-15,17H2,1-2H3/t18-/m1/s1. The SMILES string of the molecule is CCOc1ccc(-c2ccc(N3CCN(C(=O)[C@@H](C)Oc4ccc5c(c4)OCO5)CC3)nn2)cc1. The number of ether oxygens (including phenoxy) is 4. The van der Waals surface area contributed by atoms with Crippen LogP contribution in [0.2, 0.25) is 0 Å². The summed E-state index contributed by atoms with van der Waals surface area (Å²) >= 11 is 0. The van der Waals surface area contributed by atoms with Gasteiger partial charge in [-0.05, 0) is 62.4 Å². The molecule has 0 radical (unpaired) electrons. The molecule has 0 saturated carbocycles. The smallest absolute Gasteiger partial charge is 0.263 e. The molecule has 0 N–H and O–H groups in total. The fraction of sp³-hybridized carbons (Fsp3) is 0.346. The molecule has 2 aliphatic heterocycles. The van der Waals surface area contributed by atoms with Crippen molar-refractivity contribution in [2.24, 2.45) is 0 Å². The highest BCUT2D eigenvalue weighted by atomic mass is 16.7. The minimum Gasteiger partial charge on any atom is -0.494 e. The van der Waals surface area contributed by atoms with E-state index in [-0.39, 0.29) is 12.7 Å². The van der Waals surface area contributed by atoms with E-state index in [1.807, 2.05) is 48.2 Å². The molecule has 2 aliphatic rings. The molecule has 1 amide bonds. The third-order valence-electron chi connectivity index (χ3n) is 6.03. The fourth-order valence-electron chi connectivity index (χ4n) is 4.15. The van der Waals surface area contributed by atoms with Gasteiger partial charge in [-0.3, -0.25) is 4.79 Å². The summed E-state index contributed by atoms with van der Waals surface area (Å²) in [5.41, 5.74) is 1.79. The first-order chi connectivity index (χ1) is 17.1. The number of benzene rings is 2. The molecular formula is C26H28N4O5. The first kappa shape index (κ1) is 22.8. The van der Waals surface area contributed by atoms with Crippen LogP contribution in [0.3, 0.4) is 0 Å². The summed E-state index contributed by atoms with van der Waals surface area (Å²) in [6, 6.07) is 17.1. The van der Waals surface area contributed by atoms with Gasteiger partial charge in [0.15, 0.2) is 23.4 Å². The Morgan fingerprint density at radius 2 is 1.69 bits per heavy atom. The van der Waals surface area contributed by atoms with Crippen LogP contribution in [0.1, 0.15) is 13.8 Å². The minimum absolute atomic E-state index is 0.0424. The molecule has 5 rings (SSSR count). The second-order valence-corrected chi connectivity index (χ2v) is 8.32. The van der Waals surface area contributed by atoms with Crippen molar-refractivity contribution in [1.82, 2.24) is 15.1 Å². The van der Waals surface area contributed by atoms with E-state index in [0.717, 1.165) is 22.8 Å². The number of fused-ring (bicyclic) bond motifs is 1. The van der Waals surface area contributed by atoms with E-state index >= 15 is 0 Å². The molecular weight excluding hydrogens is 448 g/mol. The van der Waals surface area contributed by atoms with E-state index in [1.54, 1.807) is 25.1 Å². The van der Waals surface area contributed by atoms with Crippen LogP contribution in [0.15, 0.2) is 54.6 Å². The van der Waals surface area contributed by atoms with Crippen molar-refractivity contribution in [2.75, 3.05) is 44.5 Å². The Kier molecular flexibility index (Phi) is 6.56. The highest BCUT2D eigenvalue weighted by molar-refractivity contribution is 5.81. The lowest BCUT2D eigenvalue weighted by atomic mass is 10.1. The van der Waals surface area contributed by atoms with Gasteiger partial charge in [0.05, 0.1) is 12.3 Å². The number of hydrogen-bond donors (Lipinski definition) is 0. The Morgan fingerprint density at radius 3 is 2.40 bits per heavy atom. The van der Waals surface area contributed by atoms with E-state index < -0.39 is 6.10 Å². The maximum absolute atomic E-state index is 12.9. The van der Waals surface area contributed by atoms with Gasteiger partial charge >= 0.3 is 0 Å². The maximum atomic E-state index is 12.9. The van der Waals surface area contributed by atoms with Crippen molar-refractivity contribution in [3.05, 3.63) is 54.6 Å². The highest BCUT2D eigenvalue weighted by Gasteiger charge is 2.27. The highest BCUT2D eigenvalue weighted by Crippen LogP contribution is 2.35. The normalized spacial score (nSPS) is 15.6. The molecule has 1 fully saturated rings. The Balaban J connectivity index is 1.14. The van der Waals surface area contributed by atoms with E-state index in [1.165, 1.54) is 0 Å². The Bertz CT molecular complexity index is 1160. The van der Waals surface area contributed by atoms with Gasteiger partial charge in [-0.15, -0.1) is 10.2 Å². The topological polar surface area (TPSA) is 86.3 Å². The predicted molar refractivity (Wildman–Crippen MR) is 130 cm³/mol. The van der Waals surface area contributed by atoms with Gasteiger partial charge in [-0.2, -0.15) is 0 Å². The summed E-state index contributed by atoms with van der Waals surface area (Å²) in [4.78, 5) is 16.9. The zero-order valence-electron chi connectivity index (χ0n) is 19.8. The number of anilines is 1. The fourth-order valence-corrected chi connectivity index (χ4v) is 4.15. The molecule has 2 aromatic carbocycles. The molecule has 3 heterocycles. The molecule has 182 valence electrons. The molecule has 0 spiro atoms. The monoisotopic (exact) mass is 476 g/mol. The average molecular weight is 477 g/mol. The van der Waals surface area contributed by atoms with Gasteiger partial charge in [-0.1, -0.05) is 0 Å². The van der Waals surface area contributed by atoms with Crippen LogP contribution in [-0.4, -0.2) is 66.7 Å². The van der Waals surface area contributed by atoms with Crippen LogP contribution in [-0.2, 0) is 4.79 Å². The largest absolute Gasteiger partial charge is 0.494 e. The lowest BCUT2D eigenvalue weighted by molar-refractivity contribution is -0.138. The molecule has 0 bridgehead atoms. The third kappa shape index (κ3) is 5.08. The van der Waals surface area contributed by atoms with E-state index in [2.05, 4.69) is 15.1 Å². The molecule has 1 saturated heterocycles. The van der Waals surface area contributed by atoms with Gasteiger partial charge in [0.25, 0.3) is 5.91 Å². The molecule has 0 aliphatic carbocycles. The molecule has 0 unspecified atom stereocenters. The number of aromatic nitrogens is 2. The van der Waals surface area contributed by atoms with Crippen molar-refractivity contribution in [1.29, 1.82) is 0 Å². The number of piperazine rings is 1. The van der Waals surface area contributed by atoms with Crippen LogP contribution < -0.4 is 23.8 Å². The van der Waals surface area contributed by atoms with Crippen LogP contribution in [0.5, 0.6) is 23.0 Å². The maximum Gasteiger partial charge on any atom is 0.263 e. The summed E-state index contributed by atoms with van der Waals surface area (Å²) in [7, 11) is 0. The Labute approximate surface area is 204 Å². The third-order valence-corrected chi connectivity index (χ3v) is 6.03. The molecule has 3 aromatic rings. The molecule has 9 nitrogen and oxygen atoms in total. The van der Waals surface area contributed by atoms with E-state index in [0.29, 0.717) is 50.0 Å². The number of nitrogens with zero attached hydrogens (tertiary/aromatic N) is 4. The minimum atomic E-state index is -0.602. The van der Waals surface area contributed by atoms with Crippen molar-refractivity contribution in [3.63, 3.8) is 0 Å². The summed E-state index contributed by atoms with van der Waals surface area (Å²) in [6.07, 6.45) is -0.602. The van der Waals surface area contributed by atoms with Crippen molar-refractivity contribution in [2.45, 2.75) is 20.0 Å². The van der Waals surface area contributed by atoms with Crippen LogP contribution in [0, 0.1) is 0 Å². The second kappa shape index (κ2) is 10.1. The number of amides is 1. The van der Waals surface area contributed by atoms with Crippen LogP contribution >= 0.6 is 0 Å². The lowest BCUT2D eigenvalue weighted by Gasteiger charge is -2.36. The Morgan fingerprint density at radius 1 is 0.943 bits per heavy atom. The Hall–Kier alpha value is -4.01. The predicted octanol–water partition coefficient (Wildman–Crippen LogP) is 3.39. The first-order valence-electron chi connectivity index (χ1n) is 11.8. The molecule has 35 heavy (non-hydrogen) atoms. The summed E-state index contributed by atoms with van der Waals surface area (Å²) < 4.78 is 22.1. The van der Waals surface area contributed by atoms with Gasteiger partial charge in [0, 0.05) is 37.8 Å². The van der Waals surface area contributed by atoms with Gasteiger partial charge in [-0.25, -0.2) is 0 Å². The van der Waals surface area contributed by atoms with Crippen LogP contribution in [0.4, 0.5) is 5.82 Å². The number of rotatable bonds is 7. The van der Waals surface area contributed by atoms with Crippen LogP contribution in [0.25, 0.3) is 11.3 Å². The number of carbonyl (C=O) groups excluding carboxylic acids is 1. The van der Waals surface area contributed by atoms with E-state index in [9.17, 15) is 4.79 Å². The molecule has 1 atom stereocenters. The first-order valence-corrected chi connectivity index (χ1v) is 11.8. The van der Waals surface area contributed by atoms with Gasteiger partial charge in [0.2, 0.25) is 6.79 Å². The lowest BCUT2D eigenvalue weighted by Crippen LogP contribution is -2.52. The van der Waals surface area contributed by atoms with Gasteiger partial charge in [0.1, 0.15) is 11.5 Å². The zero-order valence-corrected chi connectivity index (χ0v) is 19.8. The molecule has 9 heteroatoms. The number of hydrogen-bond acceptors (Lipinski definition) is 8. The van der Waals surface area contributed by atoms with Crippen molar-refractivity contribution >= 4 is 11.7 Å². The van der Waals surface area contributed by atoms with Crippen molar-refractivity contribution < 1.29 is 23.7 Å². The molecule has 1 aromatic heterocycles. The summed E-state index contributed by atoms with van der Waals surface area (Å²) in [5.74, 6) is 3.49. The van der Waals surface area contributed by atoms with Gasteiger partial charge < -0.3 is 28.7 Å².